The molecule has 0 fully saturated rings. The third-order valence-electron chi connectivity index (χ3n) is 1.74. The lowest BCUT2D eigenvalue weighted by Crippen LogP contribution is -2.27. The fraction of sp³-hybridized carbons (Fsp3) is 1.00. The van der Waals surface area contributed by atoms with Crippen molar-refractivity contribution in [3.63, 3.8) is 0 Å². The maximum atomic E-state index is 5.61. The molecule has 5 heteroatoms. The quantitative estimate of drug-likeness (QED) is 0.396. The highest BCUT2D eigenvalue weighted by Crippen LogP contribution is 1.92. The number of rotatable bonds is 9. The van der Waals surface area contributed by atoms with E-state index < -0.39 is 9.04 Å². The zero-order chi connectivity index (χ0) is 9.94. The van der Waals surface area contributed by atoms with Gasteiger partial charge in [0.25, 0.3) is 0 Å². The number of nitrogens with one attached hydrogen (secondary N) is 1. The standard InChI is InChI=1S/C8H22N2O2Si/c1-11-6-7-12-13(2)8-5-10-4-3-9/h10,13H,3-9H2,1-2H3. The van der Waals surface area contributed by atoms with E-state index in [4.69, 9.17) is 14.9 Å². The lowest BCUT2D eigenvalue weighted by Gasteiger charge is -2.11. The third kappa shape index (κ3) is 9.97. The van der Waals surface area contributed by atoms with Crippen molar-refractivity contribution in [1.29, 1.82) is 0 Å². The summed E-state index contributed by atoms with van der Waals surface area (Å²) in [5.41, 5.74) is 5.34. The highest BCUT2D eigenvalue weighted by atomic mass is 28.3. The van der Waals surface area contributed by atoms with Gasteiger partial charge in [0.15, 0.2) is 9.04 Å². The van der Waals surface area contributed by atoms with Crippen LogP contribution in [0.25, 0.3) is 0 Å². The SMILES string of the molecule is COCCO[SiH](C)CCNCCN. The summed E-state index contributed by atoms with van der Waals surface area (Å²) in [5, 5.41) is 3.25. The largest absolute Gasteiger partial charge is 0.418 e. The monoisotopic (exact) mass is 206 g/mol. The van der Waals surface area contributed by atoms with Crippen LogP contribution in [-0.2, 0) is 9.16 Å². The van der Waals surface area contributed by atoms with Crippen molar-refractivity contribution in [1.82, 2.24) is 5.32 Å². The molecule has 0 radical (unpaired) electrons. The van der Waals surface area contributed by atoms with Crippen LogP contribution in [0.5, 0.6) is 0 Å². The summed E-state index contributed by atoms with van der Waals surface area (Å²) < 4.78 is 10.5. The number of ether oxygens (including phenoxy) is 1. The van der Waals surface area contributed by atoms with E-state index in [0.717, 1.165) is 25.7 Å². The molecule has 0 saturated heterocycles. The van der Waals surface area contributed by atoms with Crippen molar-refractivity contribution in [3.8, 4) is 0 Å². The van der Waals surface area contributed by atoms with Gasteiger partial charge in [-0.1, -0.05) is 0 Å². The van der Waals surface area contributed by atoms with Gasteiger partial charge in [-0.05, 0) is 19.1 Å². The second-order valence-electron chi connectivity index (χ2n) is 3.00. The van der Waals surface area contributed by atoms with E-state index in [1.807, 2.05) is 0 Å². The molecule has 3 N–H and O–H groups in total. The van der Waals surface area contributed by atoms with Crippen LogP contribution in [0.3, 0.4) is 0 Å². The van der Waals surface area contributed by atoms with Crippen molar-refractivity contribution in [3.05, 3.63) is 0 Å². The van der Waals surface area contributed by atoms with Gasteiger partial charge in [-0.2, -0.15) is 0 Å². The number of hydrogen-bond acceptors (Lipinski definition) is 4. The number of nitrogens with two attached hydrogens (primary N) is 1. The lowest BCUT2D eigenvalue weighted by atomic mass is 10.6. The Morgan fingerprint density at radius 1 is 1.31 bits per heavy atom. The first-order valence-corrected chi connectivity index (χ1v) is 7.26. The fourth-order valence-electron chi connectivity index (χ4n) is 0.948. The Bertz CT molecular complexity index is 106. The molecule has 1 unspecified atom stereocenters. The molecule has 0 bridgehead atoms. The molecule has 0 aromatic rings. The van der Waals surface area contributed by atoms with Crippen molar-refractivity contribution in [2.45, 2.75) is 12.6 Å². The molecule has 13 heavy (non-hydrogen) atoms. The first kappa shape index (κ1) is 13.1. The van der Waals surface area contributed by atoms with Crippen LogP contribution in [0.15, 0.2) is 0 Å². The van der Waals surface area contributed by atoms with E-state index >= 15 is 0 Å². The van der Waals surface area contributed by atoms with E-state index in [1.165, 1.54) is 0 Å². The maximum absolute atomic E-state index is 5.61. The molecule has 0 aliphatic heterocycles. The Balaban J connectivity index is 3.05. The molecule has 1 atom stereocenters. The minimum atomic E-state index is -0.960. The van der Waals surface area contributed by atoms with Crippen molar-refractivity contribution >= 4 is 9.04 Å². The molecule has 0 heterocycles. The smallest absolute Gasteiger partial charge is 0.175 e. The van der Waals surface area contributed by atoms with Crippen LogP contribution in [0.4, 0.5) is 0 Å². The molecule has 4 nitrogen and oxygen atoms in total. The summed E-state index contributed by atoms with van der Waals surface area (Å²) in [6, 6.07) is 1.16. The summed E-state index contributed by atoms with van der Waals surface area (Å²) in [7, 11) is 0.733. The van der Waals surface area contributed by atoms with Crippen LogP contribution < -0.4 is 11.1 Å². The summed E-state index contributed by atoms with van der Waals surface area (Å²) in [6.45, 7) is 6.28. The first-order chi connectivity index (χ1) is 6.31. The lowest BCUT2D eigenvalue weighted by molar-refractivity contribution is 0.146. The van der Waals surface area contributed by atoms with Crippen molar-refractivity contribution < 1.29 is 9.16 Å². The Morgan fingerprint density at radius 2 is 2.08 bits per heavy atom. The predicted octanol–water partition coefficient (Wildman–Crippen LogP) is -0.449. The van der Waals surface area contributed by atoms with Gasteiger partial charge in [0.2, 0.25) is 0 Å². The average Bonchev–Trinajstić information content (AvgIpc) is 2.13. The van der Waals surface area contributed by atoms with Crippen LogP contribution in [-0.4, -0.2) is 49.0 Å². The second-order valence-corrected chi connectivity index (χ2v) is 5.53. The molecular weight excluding hydrogens is 184 g/mol. The Morgan fingerprint density at radius 3 is 2.69 bits per heavy atom. The minimum absolute atomic E-state index is 0.702. The van der Waals surface area contributed by atoms with Crippen molar-refractivity contribution in [2.24, 2.45) is 5.73 Å². The number of hydrogen-bond donors (Lipinski definition) is 2. The summed E-state index contributed by atoms with van der Waals surface area (Å²) >= 11 is 0. The molecule has 0 rings (SSSR count). The average molecular weight is 206 g/mol. The van der Waals surface area contributed by atoms with E-state index in [2.05, 4.69) is 11.9 Å². The molecular formula is C8H22N2O2Si. The molecule has 0 spiro atoms. The molecule has 80 valence electrons. The normalized spacial score (nSPS) is 13.2. The third-order valence-corrected chi connectivity index (χ3v) is 3.65. The highest BCUT2D eigenvalue weighted by molar-refractivity contribution is 6.50. The van der Waals surface area contributed by atoms with Gasteiger partial charge in [-0.25, -0.2) is 0 Å². The van der Waals surface area contributed by atoms with Gasteiger partial charge >= 0.3 is 0 Å². The fourth-order valence-corrected chi connectivity index (χ4v) is 2.22. The summed E-state index contributed by atoms with van der Waals surface area (Å²) in [5.74, 6) is 0. The second kappa shape index (κ2) is 10.1. The van der Waals surface area contributed by atoms with Gasteiger partial charge in [0.05, 0.1) is 13.2 Å². The molecule has 0 saturated carbocycles. The van der Waals surface area contributed by atoms with E-state index in [9.17, 15) is 0 Å². The van der Waals surface area contributed by atoms with Crippen LogP contribution in [0.2, 0.25) is 12.6 Å². The maximum Gasteiger partial charge on any atom is 0.175 e. The first-order valence-electron chi connectivity index (χ1n) is 4.82. The van der Waals surface area contributed by atoms with E-state index in [1.54, 1.807) is 7.11 Å². The van der Waals surface area contributed by atoms with Gasteiger partial charge in [0.1, 0.15) is 0 Å². The van der Waals surface area contributed by atoms with Gasteiger partial charge in [-0.15, -0.1) is 0 Å². The predicted molar refractivity (Wildman–Crippen MR) is 57.6 cm³/mol. The zero-order valence-corrected chi connectivity index (χ0v) is 9.87. The zero-order valence-electron chi connectivity index (χ0n) is 8.71. The number of methoxy groups -OCH3 is 1. The Kier molecular flexibility index (Phi) is 10.2. The summed E-state index contributed by atoms with van der Waals surface area (Å²) in [4.78, 5) is 0. The van der Waals surface area contributed by atoms with Crippen LogP contribution >= 0.6 is 0 Å². The highest BCUT2D eigenvalue weighted by Gasteiger charge is 2.02. The van der Waals surface area contributed by atoms with Crippen molar-refractivity contribution in [2.75, 3.05) is 40.0 Å². The summed E-state index contributed by atoms with van der Waals surface area (Å²) in [6.07, 6.45) is 0. The molecule has 0 aromatic carbocycles. The Labute approximate surface area is 82.5 Å². The Hall–Kier alpha value is 0.0569. The van der Waals surface area contributed by atoms with Gasteiger partial charge in [-0.3, -0.25) is 0 Å². The molecule has 0 aliphatic rings. The molecule has 0 aliphatic carbocycles. The topological polar surface area (TPSA) is 56.5 Å². The van der Waals surface area contributed by atoms with Gasteiger partial charge in [0, 0.05) is 20.2 Å². The van der Waals surface area contributed by atoms with Crippen LogP contribution in [0.1, 0.15) is 0 Å². The van der Waals surface area contributed by atoms with Gasteiger partial charge < -0.3 is 20.2 Å². The van der Waals surface area contributed by atoms with E-state index in [-0.39, 0.29) is 0 Å². The van der Waals surface area contributed by atoms with Crippen LogP contribution in [0, 0.1) is 0 Å². The molecule has 0 aromatic heterocycles. The molecule has 0 amide bonds. The van der Waals surface area contributed by atoms with E-state index in [0.29, 0.717) is 13.2 Å². The minimum Gasteiger partial charge on any atom is -0.418 e.